The molecule has 2 aromatic rings. The first-order valence-electron chi connectivity index (χ1n) is 8.22. The van der Waals surface area contributed by atoms with Crippen LogP contribution in [0.5, 0.6) is 0 Å². The smallest absolute Gasteiger partial charge is 0.338 e. The highest BCUT2D eigenvalue weighted by atomic mass is 127. The van der Waals surface area contributed by atoms with Crippen LogP contribution in [0.25, 0.3) is 0 Å². The van der Waals surface area contributed by atoms with Gasteiger partial charge in [0.05, 0.1) is 25.7 Å². The Morgan fingerprint density at radius 1 is 0.958 bits per heavy atom. The minimum atomic E-state index is -0.266. The van der Waals surface area contributed by atoms with Crippen LogP contribution in [0.15, 0.2) is 60.7 Å². The van der Waals surface area contributed by atoms with Crippen LogP contribution in [0.2, 0.25) is 0 Å². The summed E-state index contributed by atoms with van der Waals surface area (Å²) < 4.78 is 6.73. The van der Waals surface area contributed by atoms with E-state index in [1.807, 2.05) is 48.5 Å². The number of likely N-dealkylation sites (N-methyl/N-ethyl adjacent to an activating group) is 1. The molecule has 4 heteroatoms. The molecule has 0 heterocycles. The van der Waals surface area contributed by atoms with E-state index < -0.39 is 0 Å². The van der Waals surface area contributed by atoms with Crippen LogP contribution in [0.1, 0.15) is 35.9 Å². The molecule has 0 aliphatic heterocycles. The van der Waals surface area contributed by atoms with Crippen molar-refractivity contribution in [1.29, 1.82) is 0 Å². The minimum Gasteiger partial charge on any atom is -1.00 e. The molecular weight excluding hydrogens is 413 g/mol. The van der Waals surface area contributed by atoms with Crippen molar-refractivity contribution >= 4 is 5.97 Å². The third-order valence-corrected chi connectivity index (χ3v) is 4.56. The van der Waals surface area contributed by atoms with Crippen LogP contribution in [-0.4, -0.2) is 37.1 Å². The van der Waals surface area contributed by atoms with E-state index in [9.17, 15) is 4.79 Å². The van der Waals surface area contributed by atoms with Gasteiger partial charge in [0.15, 0.2) is 6.10 Å². The van der Waals surface area contributed by atoms with Gasteiger partial charge in [0.25, 0.3) is 0 Å². The molecule has 0 saturated carbocycles. The van der Waals surface area contributed by atoms with Crippen LogP contribution in [0.4, 0.5) is 0 Å². The number of halogens is 1. The van der Waals surface area contributed by atoms with Crippen molar-refractivity contribution in [2.75, 3.05) is 26.7 Å². The van der Waals surface area contributed by atoms with E-state index in [1.54, 1.807) is 12.1 Å². The SMILES string of the molecule is CC[N+](C)(CC)CC(OC(=O)c1ccccc1)c1ccccc1.[I-]. The van der Waals surface area contributed by atoms with Crippen molar-refractivity contribution in [3.63, 3.8) is 0 Å². The molecule has 0 aliphatic carbocycles. The second-order valence-electron chi connectivity index (χ2n) is 6.11. The van der Waals surface area contributed by atoms with Crippen molar-refractivity contribution in [3.05, 3.63) is 71.8 Å². The first-order valence-corrected chi connectivity index (χ1v) is 8.22. The quantitative estimate of drug-likeness (QED) is 0.367. The molecule has 0 amide bonds. The average Bonchev–Trinajstić information content (AvgIpc) is 2.62. The van der Waals surface area contributed by atoms with E-state index >= 15 is 0 Å². The Hall–Kier alpha value is -1.40. The maximum atomic E-state index is 12.5. The number of hydrogen-bond donors (Lipinski definition) is 0. The molecule has 0 saturated heterocycles. The van der Waals surface area contributed by atoms with Gasteiger partial charge in [-0.25, -0.2) is 4.79 Å². The summed E-state index contributed by atoms with van der Waals surface area (Å²) in [6.07, 6.45) is -0.242. The molecule has 0 N–H and O–H groups in total. The number of quaternary nitrogens is 1. The van der Waals surface area contributed by atoms with E-state index in [1.165, 1.54) is 0 Å². The molecule has 3 nitrogen and oxygen atoms in total. The summed E-state index contributed by atoms with van der Waals surface area (Å²) in [4.78, 5) is 12.5. The lowest BCUT2D eigenvalue weighted by molar-refractivity contribution is -0.909. The lowest BCUT2D eigenvalue weighted by Crippen LogP contribution is -3.00. The lowest BCUT2D eigenvalue weighted by Gasteiger charge is -2.35. The Morgan fingerprint density at radius 2 is 1.46 bits per heavy atom. The van der Waals surface area contributed by atoms with E-state index in [-0.39, 0.29) is 36.0 Å². The van der Waals surface area contributed by atoms with Crippen molar-refractivity contribution < 1.29 is 38.0 Å². The maximum absolute atomic E-state index is 12.5. The average molecular weight is 439 g/mol. The van der Waals surface area contributed by atoms with Gasteiger partial charge in [-0.1, -0.05) is 48.5 Å². The highest BCUT2D eigenvalue weighted by Crippen LogP contribution is 2.23. The van der Waals surface area contributed by atoms with E-state index in [4.69, 9.17) is 4.74 Å². The summed E-state index contributed by atoms with van der Waals surface area (Å²) in [6, 6.07) is 19.2. The van der Waals surface area contributed by atoms with Crippen LogP contribution in [0.3, 0.4) is 0 Å². The molecule has 0 fully saturated rings. The number of rotatable bonds is 7. The fourth-order valence-electron chi connectivity index (χ4n) is 2.53. The van der Waals surface area contributed by atoms with E-state index in [2.05, 4.69) is 20.9 Å². The number of benzene rings is 2. The zero-order valence-corrected chi connectivity index (χ0v) is 16.8. The Morgan fingerprint density at radius 3 is 1.96 bits per heavy atom. The third-order valence-electron chi connectivity index (χ3n) is 4.56. The molecular formula is C20H26INO2. The Balaban J connectivity index is 0.00000288. The summed E-state index contributed by atoms with van der Waals surface area (Å²) in [5, 5.41) is 0. The van der Waals surface area contributed by atoms with Crippen LogP contribution in [0, 0.1) is 0 Å². The van der Waals surface area contributed by atoms with Crippen molar-refractivity contribution in [2.45, 2.75) is 20.0 Å². The zero-order chi connectivity index (χ0) is 16.7. The highest BCUT2D eigenvalue weighted by molar-refractivity contribution is 5.89. The summed E-state index contributed by atoms with van der Waals surface area (Å²) >= 11 is 0. The summed E-state index contributed by atoms with van der Waals surface area (Å²) in [5.41, 5.74) is 1.64. The molecule has 0 aromatic heterocycles. The normalized spacial score (nSPS) is 12.1. The number of ether oxygens (including phenoxy) is 1. The predicted molar refractivity (Wildman–Crippen MR) is 93.2 cm³/mol. The number of carbonyl (C=O) groups excluding carboxylic acids is 1. The van der Waals surface area contributed by atoms with E-state index in [0.29, 0.717) is 5.56 Å². The van der Waals surface area contributed by atoms with E-state index in [0.717, 1.165) is 29.7 Å². The molecule has 0 bridgehead atoms. The van der Waals surface area contributed by atoms with Gasteiger partial charge in [-0.3, -0.25) is 0 Å². The third kappa shape index (κ3) is 5.60. The van der Waals surface area contributed by atoms with Gasteiger partial charge < -0.3 is 33.2 Å². The summed E-state index contributed by atoms with van der Waals surface area (Å²) in [5.74, 6) is -0.266. The molecule has 0 spiro atoms. The van der Waals surface area contributed by atoms with Gasteiger partial charge in [-0.2, -0.15) is 0 Å². The zero-order valence-electron chi connectivity index (χ0n) is 14.6. The van der Waals surface area contributed by atoms with Crippen LogP contribution < -0.4 is 24.0 Å². The monoisotopic (exact) mass is 439 g/mol. The first kappa shape index (κ1) is 20.6. The van der Waals surface area contributed by atoms with Gasteiger partial charge >= 0.3 is 5.97 Å². The van der Waals surface area contributed by atoms with Crippen LogP contribution in [-0.2, 0) is 4.74 Å². The van der Waals surface area contributed by atoms with Crippen LogP contribution >= 0.6 is 0 Å². The van der Waals surface area contributed by atoms with Gasteiger partial charge in [0, 0.05) is 0 Å². The van der Waals surface area contributed by atoms with Gasteiger partial charge in [-0.05, 0) is 31.5 Å². The molecule has 0 radical (unpaired) electrons. The topological polar surface area (TPSA) is 26.3 Å². The second-order valence-corrected chi connectivity index (χ2v) is 6.11. The van der Waals surface area contributed by atoms with Crippen molar-refractivity contribution in [3.8, 4) is 0 Å². The van der Waals surface area contributed by atoms with Gasteiger partial charge in [0.2, 0.25) is 0 Å². The van der Waals surface area contributed by atoms with Crippen molar-refractivity contribution in [1.82, 2.24) is 0 Å². The first-order chi connectivity index (χ1) is 11.1. The Labute approximate surface area is 162 Å². The Bertz CT molecular complexity index is 612. The standard InChI is InChI=1S/C20H26NO2.HI/c1-4-21(3,5-2)16-19(17-12-8-6-9-13-17)23-20(22)18-14-10-7-11-15-18;/h6-15,19H,4-5,16H2,1-3H3;1H/q+1;/p-1. The number of nitrogens with zero attached hydrogens (tertiary/aromatic N) is 1. The molecule has 1 unspecified atom stereocenters. The minimum absolute atomic E-state index is 0. The largest absolute Gasteiger partial charge is 1.00 e. The molecule has 24 heavy (non-hydrogen) atoms. The van der Waals surface area contributed by atoms with Gasteiger partial charge in [0.1, 0.15) is 6.54 Å². The second kappa shape index (κ2) is 9.79. The predicted octanol–water partition coefficient (Wildman–Crippen LogP) is 1.08. The number of carbonyl (C=O) groups is 1. The maximum Gasteiger partial charge on any atom is 0.338 e. The molecule has 2 rings (SSSR count). The fourth-order valence-corrected chi connectivity index (χ4v) is 2.53. The molecule has 0 aliphatic rings. The lowest BCUT2D eigenvalue weighted by atomic mass is 10.1. The number of esters is 1. The molecule has 1 atom stereocenters. The number of hydrogen-bond acceptors (Lipinski definition) is 2. The Kier molecular flexibility index (Phi) is 8.42. The summed E-state index contributed by atoms with van der Waals surface area (Å²) in [7, 11) is 2.20. The fraction of sp³-hybridized carbons (Fsp3) is 0.350. The molecule has 2 aromatic carbocycles. The molecule has 130 valence electrons. The van der Waals surface area contributed by atoms with Crippen molar-refractivity contribution in [2.24, 2.45) is 0 Å². The highest BCUT2D eigenvalue weighted by Gasteiger charge is 2.27. The van der Waals surface area contributed by atoms with Gasteiger partial charge in [-0.15, -0.1) is 0 Å². The summed E-state index contributed by atoms with van der Waals surface area (Å²) in [6.45, 7) is 7.12.